The monoisotopic (exact) mass is 199 g/mol. The molecular formula is C10H21N3O. The summed E-state index contributed by atoms with van der Waals surface area (Å²) in [6.07, 6.45) is 3.19. The molecule has 1 unspecified atom stereocenters. The van der Waals surface area contributed by atoms with Gasteiger partial charge in [0.05, 0.1) is 0 Å². The molecule has 1 atom stereocenters. The van der Waals surface area contributed by atoms with Crippen LogP contribution >= 0.6 is 0 Å². The summed E-state index contributed by atoms with van der Waals surface area (Å²) in [7, 11) is 0. The van der Waals surface area contributed by atoms with E-state index in [9.17, 15) is 0 Å². The maximum absolute atomic E-state index is 8.47. The zero-order chi connectivity index (χ0) is 10.6. The van der Waals surface area contributed by atoms with Crippen LogP contribution in [0.25, 0.3) is 0 Å². The van der Waals surface area contributed by atoms with E-state index in [1.54, 1.807) is 0 Å². The lowest BCUT2D eigenvalue weighted by molar-refractivity contribution is 0.149. The van der Waals surface area contributed by atoms with E-state index >= 15 is 0 Å². The fourth-order valence-electron chi connectivity index (χ4n) is 1.94. The van der Waals surface area contributed by atoms with Gasteiger partial charge in [0.2, 0.25) is 0 Å². The lowest BCUT2D eigenvalue weighted by Gasteiger charge is -2.34. The number of rotatable bonds is 3. The van der Waals surface area contributed by atoms with E-state index in [2.05, 4.69) is 23.9 Å². The van der Waals surface area contributed by atoms with Crippen LogP contribution in [0.2, 0.25) is 0 Å². The molecule has 0 radical (unpaired) electrons. The maximum atomic E-state index is 8.47. The van der Waals surface area contributed by atoms with Crippen molar-refractivity contribution >= 4 is 5.84 Å². The van der Waals surface area contributed by atoms with Gasteiger partial charge in [-0.05, 0) is 38.8 Å². The number of oxime groups is 1. The highest BCUT2D eigenvalue weighted by Gasteiger charge is 2.20. The van der Waals surface area contributed by atoms with Crippen molar-refractivity contribution in [3.05, 3.63) is 0 Å². The number of likely N-dealkylation sites (tertiary alicyclic amines) is 1. The lowest BCUT2D eigenvalue weighted by Crippen LogP contribution is -2.41. The molecule has 1 rings (SSSR count). The Morgan fingerprint density at radius 1 is 1.57 bits per heavy atom. The Balaban J connectivity index is 2.34. The molecule has 82 valence electrons. The average molecular weight is 199 g/mol. The molecule has 0 spiro atoms. The van der Waals surface area contributed by atoms with Gasteiger partial charge in [-0.15, -0.1) is 0 Å². The van der Waals surface area contributed by atoms with Gasteiger partial charge in [-0.3, -0.25) is 0 Å². The molecule has 1 aliphatic heterocycles. The van der Waals surface area contributed by atoms with Crippen LogP contribution in [0, 0.1) is 5.92 Å². The van der Waals surface area contributed by atoms with Crippen LogP contribution in [0.15, 0.2) is 5.16 Å². The van der Waals surface area contributed by atoms with Gasteiger partial charge in [-0.1, -0.05) is 12.1 Å². The third-order valence-electron chi connectivity index (χ3n) is 3.07. The highest BCUT2D eigenvalue weighted by atomic mass is 16.4. The first-order chi connectivity index (χ1) is 6.63. The van der Waals surface area contributed by atoms with Crippen molar-refractivity contribution in [3.63, 3.8) is 0 Å². The molecule has 4 heteroatoms. The number of piperidine rings is 1. The fraction of sp³-hybridized carbons (Fsp3) is 0.900. The summed E-state index contributed by atoms with van der Waals surface area (Å²) in [6.45, 7) is 6.71. The van der Waals surface area contributed by atoms with Crippen molar-refractivity contribution in [3.8, 4) is 0 Å². The number of amidine groups is 1. The zero-order valence-corrected chi connectivity index (χ0v) is 9.11. The number of nitrogens with zero attached hydrogens (tertiary/aromatic N) is 2. The van der Waals surface area contributed by atoms with Crippen molar-refractivity contribution in [2.45, 2.75) is 39.2 Å². The molecule has 0 bridgehead atoms. The normalized spacial score (nSPS) is 23.7. The van der Waals surface area contributed by atoms with Crippen LogP contribution in [0.4, 0.5) is 0 Å². The third kappa shape index (κ3) is 3.18. The van der Waals surface area contributed by atoms with E-state index < -0.39 is 0 Å². The standard InChI is InChI=1S/C10H21N3O/c1-8-3-5-13(6-4-8)9(2)7-10(11)12-14/h8-9,14H,3-7H2,1-2H3,(H2,11,12). The molecule has 1 aliphatic rings. The Labute approximate surface area is 85.8 Å². The molecule has 0 amide bonds. The van der Waals surface area contributed by atoms with Gasteiger partial charge in [0.25, 0.3) is 0 Å². The lowest BCUT2D eigenvalue weighted by atomic mass is 9.97. The van der Waals surface area contributed by atoms with E-state index in [1.165, 1.54) is 12.8 Å². The first kappa shape index (κ1) is 11.3. The summed E-state index contributed by atoms with van der Waals surface area (Å²) in [4.78, 5) is 2.41. The van der Waals surface area contributed by atoms with E-state index in [4.69, 9.17) is 10.9 Å². The van der Waals surface area contributed by atoms with Gasteiger partial charge >= 0.3 is 0 Å². The first-order valence-corrected chi connectivity index (χ1v) is 5.34. The van der Waals surface area contributed by atoms with Crippen LogP contribution in [0.3, 0.4) is 0 Å². The van der Waals surface area contributed by atoms with Crippen LogP contribution in [0.1, 0.15) is 33.1 Å². The number of nitrogens with two attached hydrogens (primary N) is 1. The predicted molar refractivity (Wildman–Crippen MR) is 57.5 cm³/mol. The average Bonchev–Trinajstić information content (AvgIpc) is 2.18. The first-order valence-electron chi connectivity index (χ1n) is 5.34. The Kier molecular flexibility index (Phi) is 4.20. The van der Waals surface area contributed by atoms with Crippen molar-refractivity contribution < 1.29 is 5.21 Å². The van der Waals surface area contributed by atoms with E-state index in [0.717, 1.165) is 19.0 Å². The Hall–Kier alpha value is -0.770. The molecule has 0 aliphatic carbocycles. The van der Waals surface area contributed by atoms with E-state index in [0.29, 0.717) is 18.3 Å². The minimum Gasteiger partial charge on any atom is -0.409 e. The zero-order valence-electron chi connectivity index (χ0n) is 9.11. The van der Waals surface area contributed by atoms with Crippen LogP contribution in [-0.2, 0) is 0 Å². The largest absolute Gasteiger partial charge is 0.409 e. The van der Waals surface area contributed by atoms with Gasteiger partial charge in [-0.25, -0.2) is 0 Å². The highest BCUT2D eigenvalue weighted by Crippen LogP contribution is 2.18. The molecular weight excluding hydrogens is 178 g/mol. The van der Waals surface area contributed by atoms with Gasteiger partial charge in [-0.2, -0.15) is 0 Å². The van der Waals surface area contributed by atoms with E-state index in [1.807, 2.05) is 0 Å². The minimum absolute atomic E-state index is 0.330. The summed E-state index contributed by atoms with van der Waals surface area (Å²) >= 11 is 0. The summed E-state index contributed by atoms with van der Waals surface area (Å²) < 4.78 is 0. The fourth-order valence-corrected chi connectivity index (χ4v) is 1.94. The van der Waals surface area contributed by atoms with Crippen LogP contribution in [-0.4, -0.2) is 35.1 Å². The summed E-state index contributed by atoms with van der Waals surface area (Å²) in [6, 6.07) is 0.387. The molecule has 0 aromatic rings. The number of hydrogen-bond donors (Lipinski definition) is 2. The van der Waals surface area contributed by atoms with Gasteiger partial charge in [0.15, 0.2) is 0 Å². The molecule has 1 heterocycles. The molecule has 14 heavy (non-hydrogen) atoms. The quantitative estimate of drug-likeness (QED) is 0.311. The van der Waals surface area contributed by atoms with Crippen LogP contribution in [0.5, 0.6) is 0 Å². The molecule has 4 nitrogen and oxygen atoms in total. The predicted octanol–water partition coefficient (Wildman–Crippen LogP) is 1.24. The highest BCUT2D eigenvalue weighted by molar-refractivity contribution is 5.80. The topological polar surface area (TPSA) is 61.8 Å². The van der Waals surface area contributed by atoms with Gasteiger partial charge in [0.1, 0.15) is 5.84 Å². The van der Waals surface area contributed by atoms with Crippen molar-refractivity contribution in [1.82, 2.24) is 4.90 Å². The molecule has 0 saturated carbocycles. The maximum Gasteiger partial charge on any atom is 0.140 e. The SMILES string of the molecule is CC1CCN(C(C)CC(N)=NO)CC1. The van der Waals surface area contributed by atoms with Crippen molar-refractivity contribution in [1.29, 1.82) is 0 Å². The van der Waals surface area contributed by atoms with Crippen molar-refractivity contribution in [2.75, 3.05) is 13.1 Å². The number of hydrogen-bond acceptors (Lipinski definition) is 3. The van der Waals surface area contributed by atoms with Crippen molar-refractivity contribution in [2.24, 2.45) is 16.8 Å². The molecule has 1 saturated heterocycles. The summed E-state index contributed by atoms with van der Waals surface area (Å²) in [5.74, 6) is 1.18. The molecule has 1 fully saturated rings. The molecule has 0 aromatic carbocycles. The summed E-state index contributed by atoms with van der Waals surface area (Å²) in [5.41, 5.74) is 5.48. The van der Waals surface area contributed by atoms with Gasteiger partial charge < -0.3 is 15.8 Å². The second-order valence-electron chi connectivity index (χ2n) is 4.36. The Bertz CT molecular complexity index is 198. The smallest absolute Gasteiger partial charge is 0.140 e. The van der Waals surface area contributed by atoms with Gasteiger partial charge in [0, 0.05) is 12.5 Å². The second kappa shape index (κ2) is 5.20. The Morgan fingerprint density at radius 2 is 2.14 bits per heavy atom. The molecule has 0 aromatic heterocycles. The minimum atomic E-state index is 0.330. The Morgan fingerprint density at radius 3 is 2.64 bits per heavy atom. The second-order valence-corrected chi connectivity index (χ2v) is 4.36. The van der Waals surface area contributed by atoms with E-state index in [-0.39, 0.29) is 0 Å². The summed E-state index contributed by atoms with van der Waals surface area (Å²) in [5, 5.41) is 11.5. The van der Waals surface area contributed by atoms with Crippen LogP contribution < -0.4 is 5.73 Å². The third-order valence-corrected chi connectivity index (χ3v) is 3.07. The molecule has 3 N–H and O–H groups in total.